The van der Waals surface area contributed by atoms with Gasteiger partial charge >= 0.3 is 0 Å². The fraction of sp³-hybridized carbons (Fsp3) is 0.182. The van der Waals surface area contributed by atoms with Crippen molar-refractivity contribution in [2.75, 3.05) is 10.6 Å². The van der Waals surface area contributed by atoms with Gasteiger partial charge in [0.15, 0.2) is 5.82 Å². The van der Waals surface area contributed by atoms with Crippen LogP contribution < -0.4 is 16.2 Å². The standard InChI is InChI=1S/C22H19ClN8O/c1-22(2,21-26-6-4-7-27-21)30-17-10-18(32)31(3)20-14(17)9-13(12-28-20)29-16-5-8-25-19(23)15(16)11-24/h4-10,12,30H,1-3H3,(H,25,29). The third kappa shape index (κ3) is 3.96. The Morgan fingerprint density at radius 2 is 1.84 bits per heavy atom. The maximum atomic E-state index is 12.6. The van der Waals surface area contributed by atoms with Crippen LogP contribution in [0, 0.1) is 11.3 Å². The number of rotatable bonds is 5. The van der Waals surface area contributed by atoms with Crippen molar-refractivity contribution in [3.05, 3.63) is 75.9 Å². The molecule has 0 unspecified atom stereocenters. The van der Waals surface area contributed by atoms with Gasteiger partial charge < -0.3 is 10.6 Å². The van der Waals surface area contributed by atoms with E-state index in [4.69, 9.17) is 11.6 Å². The predicted molar refractivity (Wildman–Crippen MR) is 123 cm³/mol. The van der Waals surface area contributed by atoms with Crippen LogP contribution in [0.5, 0.6) is 0 Å². The Hall–Kier alpha value is -4.03. The normalized spacial score (nSPS) is 11.2. The zero-order valence-electron chi connectivity index (χ0n) is 17.6. The minimum Gasteiger partial charge on any atom is -0.372 e. The fourth-order valence-corrected chi connectivity index (χ4v) is 3.51. The van der Waals surface area contributed by atoms with E-state index in [0.717, 1.165) is 0 Å². The van der Waals surface area contributed by atoms with Crippen molar-refractivity contribution >= 4 is 39.7 Å². The molecule has 0 aliphatic heterocycles. The molecule has 10 heteroatoms. The molecule has 0 saturated carbocycles. The minimum absolute atomic E-state index is 0.112. The van der Waals surface area contributed by atoms with Crippen molar-refractivity contribution in [3.8, 4) is 6.07 Å². The van der Waals surface area contributed by atoms with E-state index in [1.807, 2.05) is 26.0 Å². The number of fused-ring (bicyclic) bond motifs is 1. The number of aryl methyl sites for hydroxylation is 1. The molecule has 0 aliphatic carbocycles. The summed E-state index contributed by atoms with van der Waals surface area (Å²) in [5.74, 6) is 0.584. The van der Waals surface area contributed by atoms with Gasteiger partial charge in [0.2, 0.25) is 0 Å². The van der Waals surface area contributed by atoms with E-state index in [-0.39, 0.29) is 16.3 Å². The monoisotopic (exact) mass is 446 g/mol. The molecule has 4 heterocycles. The maximum absolute atomic E-state index is 12.6. The first kappa shape index (κ1) is 21.2. The van der Waals surface area contributed by atoms with Crippen molar-refractivity contribution in [1.82, 2.24) is 24.5 Å². The molecular formula is C22H19ClN8O. The lowest BCUT2D eigenvalue weighted by atomic mass is 10.0. The molecule has 0 radical (unpaired) electrons. The highest BCUT2D eigenvalue weighted by atomic mass is 35.5. The number of pyridine rings is 3. The molecule has 0 spiro atoms. The molecule has 0 aliphatic rings. The van der Waals surface area contributed by atoms with E-state index in [9.17, 15) is 10.1 Å². The number of anilines is 3. The van der Waals surface area contributed by atoms with Gasteiger partial charge in [-0.25, -0.2) is 19.9 Å². The summed E-state index contributed by atoms with van der Waals surface area (Å²) in [6.45, 7) is 3.86. The number of hydrogen-bond acceptors (Lipinski definition) is 8. The summed E-state index contributed by atoms with van der Waals surface area (Å²) in [5.41, 5.74) is 1.59. The lowest BCUT2D eigenvalue weighted by Crippen LogP contribution is -2.31. The van der Waals surface area contributed by atoms with E-state index < -0.39 is 5.54 Å². The molecule has 2 N–H and O–H groups in total. The number of halogens is 1. The second-order valence-electron chi connectivity index (χ2n) is 7.63. The Morgan fingerprint density at radius 1 is 1.09 bits per heavy atom. The van der Waals surface area contributed by atoms with Crippen LogP contribution in [-0.4, -0.2) is 24.5 Å². The fourth-order valence-electron chi connectivity index (χ4n) is 3.31. The van der Waals surface area contributed by atoms with Gasteiger partial charge in [0.05, 0.1) is 28.8 Å². The van der Waals surface area contributed by atoms with Crippen LogP contribution in [0.1, 0.15) is 25.2 Å². The summed E-state index contributed by atoms with van der Waals surface area (Å²) in [6, 6.07) is 8.82. The summed E-state index contributed by atoms with van der Waals surface area (Å²) >= 11 is 6.04. The SMILES string of the molecule is Cn1c(=O)cc(NC(C)(C)c2ncccn2)c2cc(Nc3ccnc(Cl)c3C#N)cnc21. The lowest BCUT2D eigenvalue weighted by Gasteiger charge is -2.26. The summed E-state index contributed by atoms with van der Waals surface area (Å²) in [6.07, 6.45) is 6.44. The van der Waals surface area contributed by atoms with Gasteiger partial charge in [-0.15, -0.1) is 0 Å². The largest absolute Gasteiger partial charge is 0.372 e. The quantitative estimate of drug-likeness (QED) is 0.444. The van der Waals surface area contributed by atoms with Gasteiger partial charge in [0, 0.05) is 37.1 Å². The molecular weight excluding hydrogens is 428 g/mol. The van der Waals surface area contributed by atoms with Crippen LogP contribution in [0.4, 0.5) is 17.1 Å². The minimum atomic E-state index is -0.656. The Bertz CT molecular complexity index is 1410. The lowest BCUT2D eigenvalue weighted by molar-refractivity contribution is 0.563. The van der Waals surface area contributed by atoms with Crippen molar-refractivity contribution in [2.45, 2.75) is 19.4 Å². The van der Waals surface area contributed by atoms with E-state index in [1.165, 1.54) is 16.8 Å². The van der Waals surface area contributed by atoms with Crippen LogP contribution in [0.25, 0.3) is 11.0 Å². The number of aromatic nitrogens is 5. The highest BCUT2D eigenvalue weighted by Crippen LogP contribution is 2.30. The molecule has 0 saturated heterocycles. The van der Waals surface area contributed by atoms with Crippen LogP contribution in [-0.2, 0) is 12.6 Å². The third-order valence-corrected chi connectivity index (χ3v) is 5.23. The van der Waals surface area contributed by atoms with Crippen LogP contribution in [0.15, 0.2) is 53.8 Å². The average molecular weight is 447 g/mol. The number of nitrogens with zero attached hydrogens (tertiary/aromatic N) is 6. The smallest absolute Gasteiger partial charge is 0.253 e. The van der Waals surface area contributed by atoms with Crippen molar-refractivity contribution in [3.63, 3.8) is 0 Å². The zero-order chi connectivity index (χ0) is 22.9. The second-order valence-corrected chi connectivity index (χ2v) is 7.99. The number of nitriles is 1. The Labute approximate surface area is 188 Å². The van der Waals surface area contributed by atoms with Gasteiger partial charge in [-0.05, 0) is 32.0 Å². The van der Waals surface area contributed by atoms with Gasteiger partial charge in [-0.2, -0.15) is 5.26 Å². The number of hydrogen-bond donors (Lipinski definition) is 2. The predicted octanol–water partition coefficient (Wildman–Crippen LogP) is 3.73. The number of nitrogens with one attached hydrogen (secondary N) is 2. The molecule has 0 bridgehead atoms. The Balaban J connectivity index is 1.81. The van der Waals surface area contributed by atoms with E-state index in [2.05, 4.69) is 30.6 Å². The first-order chi connectivity index (χ1) is 15.3. The molecule has 9 nitrogen and oxygen atoms in total. The van der Waals surface area contributed by atoms with Gasteiger partial charge in [0.25, 0.3) is 5.56 Å². The van der Waals surface area contributed by atoms with Crippen molar-refractivity contribution in [2.24, 2.45) is 7.05 Å². The summed E-state index contributed by atoms with van der Waals surface area (Å²) < 4.78 is 1.47. The van der Waals surface area contributed by atoms with E-state index in [1.54, 1.807) is 37.8 Å². The molecule has 0 fully saturated rings. The molecule has 4 aromatic rings. The second kappa shape index (κ2) is 8.24. The topological polar surface area (TPSA) is 121 Å². The molecule has 4 rings (SSSR count). The Morgan fingerprint density at radius 3 is 2.56 bits per heavy atom. The van der Waals surface area contributed by atoms with Gasteiger partial charge in [-0.1, -0.05) is 11.6 Å². The van der Waals surface area contributed by atoms with E-state index in [0.29, 0.717) is 33.9 Å². The molecule has 0 amide bonds. The van der Waals surface area contributed by atoms with Crippen LogP contribution in [0.3, 0.4) is 0 Å². The van der Waals surface area contributed by atoms with Gasteiger partial charge in [0.1, 0.15) is 22.4 Å². The van der Waals surface area contributed by atoms with Crippen molar-refractivity contribution < 1.29 is 0 Å². The molecule has 160 valence electrons. The summed E-state index contributed by atoms with van der Waals surface area (Å²) in [7, 11) is 1.66. The molecule has 0 atom stereocenters. The summed E-state index contributed by atoms with van der Waals surface area (Å²) in [4.78, 5) is 29.6. The highest BCUT2D eigenvalue weighted by Gasteiger charge is 2.25. The van der Waals surface area contributed by atoms with Crippen LogP contribution >= 0.6 is 11.6 Å². The first-order valence-electron chi connectivity index (χ1n) is 9.67. The van der Waals surface area contributed by atoms with Gasteiger partial charge in [-0.3, -0.25) is 9.36 Å². The molecule has 32 heavy (non-hydrogen) atoms. The zero-order valence-corrected chi connectivity index (χ0v) is 18.3. The first-order valence-corrected chi connectivity index (χ1v) is 10.0. The summed E-state index contributed by atoms with van der Waals surface area (Å²) in [5, 5.41) is 16.8. The average Bonchev–Trinajstić information content (AvgIpc) is 2.78. The van der Waals surface area contributed by atoms with E-state index >= 15 is 0 Å². The maximum Gasteiger partial charge on any atom is 0.253 e. The molecule has 4 aromatic heterocycles. The van der Waals surface area contributed by atoms with Crippen LogP contribution in [0.2, 0.25) is 5.15 Å². The highest BCUT2D eigenvalue weighted by molar-refractivity contribution is 6.31. The van der Waals surface area contributed by atoms with Crippen molar-refractivity contribution in [1.29, 1.82) is 5.26 Å². The Kier molecular flexibility index (Phi) is 5.47. The molecule has 0 aromatic carbocycles. The third-order valence-electron chi connectivity index (χ3n) is 4.94.